The highest BCUT2D eigenvalue weighted by Gasteiger charge is 2.02. The number of hydrazone groups is 1. The largest absolute Gasteiger partial charge is 0.508 e. The number of nitrogens with zero attached hydrogens (tertiary/aromatic N) is 1. The van der Waals surface area contributed by atoms with Crippen molar-refractivity contribution in [2.45, 2.75) is 6.92 Å². The first kappa shape index (κ1) is 12.8. The third kappa shape index (κ3) is 3.67. The number of phenols is 1. The lowest BCUT2D eigenvalue weighted by Crippen LogP contribution is -2.17. The first-order valence-electron chi connectivity index (χ1n) is 5.84. The summed E-state index contributed by atoms with van der Waals surface area (Å²) in [5.41, 5.74) is 4.80. The number of hydrogen-bond donors (Lipinski definition) is 2. The van der Waals surface area contributed by atoms with Crippen LogP contribution in [-0.2, 0) is 0 Å². The van der Waals surface area contributed by atoms with Gasteiger partial charge in [0, 0.05) is 5.56 Å². The van der Waals surface area contributed by atoms with E-state index in [1.54, 1.807) is 36.4 Å². The number of phenolic OH excluding ortho intramolecular Hbond substituents is 1. The topological polar surface area (TPSA) is 61.7 Å². The van der Waals surface area contributed by atoms with Gasteiger partial charge in [-0.15, -0.1) is 0 Å². The second kappa shape index (κ2) is 5.82. The quantitative estimate of drug-likeness (QED) is 0.653. The third-order valence-electron chi connectivity index (χ3n) is 2.56. The molecule has 4 heteroatoms. The molecule has 19 heavy (non-hydrogen) atoms. The normalized spacial score (nSPS) is 10.6. The molecule has 0 saturated heterocycles. The van der Waals surface area contributed by atoms with Crippen LogP contribution in [0.15, 0.2) is 53.6 Å². The lowest BCUT2D eigenvalue weighted by atomic mass is 10.1. The predicted octanol–water partition coefficient (Wildman–Crippen LogP) is 2.46. The SMILES string of the molecule is Cc1ccc(C(=O)NN=Cc2cccc(O)c2)cc1. The van der Waals surface area contributed by atoms with E-state index in [9.17, 15) is 9.90 Å². The number of benzene rings is 2. The van der Waals surface area contributed by atoms with Crippen LogP contribution in [0.25, 0.3) is 0 Å². The van der Waals surface area contributed by atoms with Crippen LogP contribution in [0.2, 0.25) is 0 Å². The zero-order valence-electron chi connectivity index (χ0n) is 10.5. The third-order valence-corrected chi connectivity index (χ3v) is 2.56. The molecular formula is C15H14N2O2. The summed E-state index contributed by atoms with van der Waals surface area (Å²) in [7, 11) is 0. The van der Waals surface area contributed by atoms with Gasteiger partial charge in [-0.1, -0.05) is 29.8 Å². The van der Waals surface area contributed by atoms with Gasteiger partial charge in [0.25, 0.3) is 5.91 Å². The minimum atomic E-state index is -0.267. The molecule has 0 aromatic heterocycles. The van der Waals surface area contributed by atoms with Crippen LogP contribution in [-0.4, -0.2) is 17.2 Å². The van der Waals surface area contributed by atoms with Crippen molar-refractivity contribution in [3.05, 3.63) is 65.2 Å². The van der Waals surface area contributed by atoms with E-state index in [1.807, 2.05) is 19.1 Å². The highest BCUT2D eigenvalue weighted by atomic mass is 16.3. The summed E-state index contributed by atoms with van der Waals surface area (Å²) in [6.45, 7) is 1.96. The number of carbonyl (C=O) groups is 1. The summed E-state index contributed by atoms with van der Waals surface area (Å²) in [5.74, 6) is -0.106. The van der Waals surface area contributed by atoms with E-state index in [0.717, 1.165) is 5.56 Å². The number of carbonyl (C=O) groups excluding carboxylic acids is 1. The molecule has 2 rings (SSSR count). The zero-order chi connectivity index (χ0) is 13.7. The van der Waals surface area contributed by atoms with E-state index in [0.29, 0.717) is 11.1 Å². The van der Waals surface area contributed by atoms with E-state index < -0.39 is 0 Å². The van der Waals surface area contributed by atoms with Gasteiger partial charge >= 0.3 is 0 Å². The summed E-state index contributed by atoms with van der Waals surface area (Å²) in [4.78, 5) is 11.7. The maximum atomic E-state index is 11.7. The summed E-state index contributed by atoms with van der Waals surface area (Å²) in [5, 5.41) is 13.1. The fourth-order valence-electron chi connectivity index (χ4n) is 1.54. The summed E-state index contributed by atoms with van der Waals surface area (Å²) in [6, 6.07) is 13.8. The van der Waals surface area contributed by atoms with Crippen LogP contribution in [0.5, 0.6) is 5.75 Å². The molecule has 0 aliphatic carbocycles. The molecule has 96 valence electrons. The molecule has 0 bridgehead atoms. The predicted molar refractivity (Wildman–Crippen MR) is 74.3 cm³/mol. The van der Waals surface area contributed by atoms with Crippen LogP contribution in [0.1, 0.15) is 21.5 Å². The molecular weight excluding hydrogens is 240 g/mol. The van der Waals surface area contributed by atoms with E-state index in [-0.39, 0.29) is 11.7 Å². The fraction of sp³-hybridized carbons (Fsp3) is 0.0667. The standard InChI is InChI=1S/C15H14N2O2/c1-11-5-7-13(8-6-11)15(19)17-16-10-12-3-2-4-14(18)9-12/h2-10,18H,1H3,(H,17,19). The monoisotopic (exact) mass is 254 g/mol. The van der Waals surface area contributed by atoms with E-state index in [1.165, 1.54) is 6.21 Å². The molecule has 2 aromatic carbocycles. The molecule has 0 aliphatic heterocycles. The van der Waals surface area contributed by atoms with Crippen LogP contribution in [0, 0.1) is 6.92 Å². The number of hydrogen-bond acceptors (Lipinski definition) is 3. The Morgan fingerprint density at radius 1 is 1.21 bits per heavy atom. The van der Waals surface area contributed by atoms with Gasteiger partial charge in [0.2, 0.25) is 0 Å². The number of aromatic hydroxyl groups is 1. The van der Waals surface area contributed by atoms with Gasteiger partial charge < -0.3 is 5.11 Å². The van der Waals surface area contributed by atoms with Gasteiger partial charge in [0.05, 0.1) is 6.21 Å². The van der Waals surface area contributed by atoms with Crippen molar-refractivity contribution in [3.63, 3.8) is 0 Å². The Hall–Kier alpha value is -2.62. The average molecular weight is 254 g/mol. The highest BCUT2D eigenvalue weighted by molar-refractivity contribution is 5.94. The average Bonchev–Trinajstić information content (AvgIpc) is 2.39. The van der Waals surface area contributed by atoms with Crippen molar-refractivity contribution >= 4 is 12.1 Å². The van der Waals surface area contributed by atoms with Gasteiger partial charge in [-0.05, 0) is 36.8 Å². The summed E-state index contributed by atoms with van der Waals surface area (Å²) < 4.78 is 0. The molecule has 2 N–H and O–H groups in total. The second-order valence-corrected chi connectivity index (χ2v) is 4.16. The molecule has 0 atom stereocenters. The summed E-state index contributed by atoms with van der Waals surface area (Å²) >= 11 is 0. The first-order valence-corrected chi connectivity index (χ1v) is 5.84. The molecule has 0 fully saturated rings. The minimum Gasteiger partial charge on any atom is -0.508 e. The fourth-order valence-corrected chi connectivity index (χ4v) is 1.54. The second-order valence-electron chi connectivity index (χ2n) is 4.16. The van der Waals surface area contributed by atoms with Gasteiger partial charge in [-0.2, -0.15) is 5.10 Å². The first-order chi connectivity index (χ1) is 9.15. The smallest absolute Gasteiger partial charge is 0.271 e. The Labute approximate surface area is 111 Å². The molecule has 0 saturated carbocycles. The molecule has 0 heterocycles. The van der Waals surface area contributed by atoms with E-state index in [4.69, 9.17) is 0 Å². The Bertz CT molecular complexity index is 604. The molecule has 0 radical (unpaired) electrons. The van der Waals surface area contributed by atoms with Crippen molar-refractivity contribution in [3.8, 4) is 5.75 Å². The Morgan fingerprint density at radius 2 is 1.95 bits per heavy atom. The van der Waals surface area contributed by atoms with E-state index >= 15 is 0 Å². The minimum absolute atomic E-state index is 0.161. The molecule has 0 unspecified atom stereocenters. The van der Waals surface area contributed by atoms with Crippen molar-refractivity contribution in [2.75, 3.05) is 0 Å². The van der Waals surface area contributed by atoms with Crippen molar-refractivity contribution in [2.24, 2.45) is 5.10 Å². The lowest BCUT2D eigenvalue weighted by molar-refractivity contribution is 0.0955. The lowest BCUT2D eigenvalue weighted by Gasteiger charge is -2.00. The van der Waals surface area contributed by atoms with Crippen LogP contribution >= 0.6 is 0 Å². The number of nitrogens with one attached hydrogen (secondary N) is 1. The Kier molecular flexibility index (Phi) is 3.93. The van der Waals surface area contributed by atoms with Crippen molar-refractivity contribution in [1.82, 2.24) is 5.43 Å². The Balaban J connectivity index is 1.98. The van der Waals surface area contributed by atoms with Gasteiger partial charge in [0.15, 0.2) is 0 Å². The molecule has 1 amide bonds. The van der Waals surface area contributed by atoms with Crippen LogP contribution in [0.4, 0.5) is 0 Å². The Morgan fingerprint density at radius 3 is 2.63 bits per heavy atom. The van der Waals surface area contributed by atoms with E-state index in [2.05, 4.69) is 10.5 Å². The molecule has 0 spiro atoms. The zero-order valence-corrected chi connectivity index (χ0v) is 10.5. The molecule has 0 aliphatic rings. The van der Waals surface area contributed by atoms with Crippen molar-refractivity contribution < 1.29 is 9.90 Å². The van der Waals surface area contributed by atoms with Crippen LogP contribution < -0.4 is 5.43 Å². The molecule has 2 aromatic rings. The number of rotatable bonds is 3. The highest BCUT2D eigenvalue weighted by Crippen LogP contribution is 2.08. The van der Waals surface area contributed by atoms with Gasteiger partial charge in [-0.25, -0.2) is 5.43 Å². The van der Waals surface area contributed by atoms with Crippen molar-refractivity contribution in [1.29, 1.82) is 0 Å². The maximum Gasteiger partial charge on any atom is 0.271 e. The number of aryl methyl sites for hydroxylation is 1. The van der Waals surface area contributed by atoms with Crippen LogP contribution in [0.3, 0.4) is 0 Å². The molecule has 4 nitrogen and oxygen atoms in total. The number of amides is 1. The van der Waals surface area contributed by atoms with Gasteiger partial charge in [-0.3, -0.25) is 4.79 Å². The summed E-state index contributed by atoms with van der Waals surface area (Å²) in [6.07, 6.45) is 1.48. The maximum absolute atomic E-state index is 11.7. The van der Waals surface area contributed by atoms with Gasteiger partial charge in [0.1, 0.15) is 5.75 Å².